The molecule has 2 saturated heterocycles. The first-order valence-corrected chi connectivity index (χ1v) is 10.1. The number of hydrogen-bond donors (Lipinski definition) is 1. The Bertz CT molecular complexity index is 795. The molecule has 3 heterocycles. The van der Waals surface area contributed by atoms with Crippen molar-refractivity contribution in [2.75, 3.05) is 32.8 Å². The zero-order chi connectivity index (χ0) is 19.3. The van der Waals surface area contributed by atoms with Gasteiger partial charge in [0.2, 0.25) is 0 Å². The smallest absolute Gasteiger partial charge is 0.194 e. The molecule has 1 aromatic heterocycles. The van der Waals surface area contributed by atoms with Crippen LogP contribution >= 0.6 is 24.0 Å². The van der Waals surface area contributed by atoms with Crippen LogP contribution in [0.15, 0.2) is 47.7 Å². The quantitative estimate of drug-likeness (QED) is 0.380. The number of ether oxygens (including phenoxy) is 1. The molecule has 2 fully saturated rings. The Hall–Kier alpha value is -1.65. The molecule has 29 heavy (non-hydrogen) atoms. The van der Waals surface area contributed by atoms with Gasteiger partial charge in [-0.15, -0.1) is 24.0 Å². The molecule has 158 valence electrons. The first-order chi connectivity index (χ1) is 13.7. The molecule has 0 radical (unpaired) electrons. The number of aliphatic imine (C=N–C) groups is 1. The minimum absolute atomic E-state index is 0. The number of benzene rings is 1. The van der Waals surface area contributed by atoms with Gasteiger partial charge < -0.3 is 15.0 Å². The third-order valence-corrected chi connectivity index (χ3v) is 5.45. The predicted octanol–water partition coefficient (Wildman–Crippen LogP) is 2.09. The highest BCUT2D eigenvalue weighted by Crippen LogP contribution is 2.24. The number of nitrogens with one attached hydrogen (secondary N) is 1. The van der Waals surface area contributed by atoms with Crippen LogP contribution in [0.2, 0.25) is 0 Å². The van der Waals surface area contributed by atoms with Crippen molar-refractivity contribution in [1.82, 2.24) is 24.9 Å². The van der Waals surface area contributed by atoms with Gasteiger partial charge >= 0.3 is 0 Å². The zero-order valence-corrected chi connectivity index (χ0v) is 19.5. The highest BCUT2D eigenvalue weighted by atomic mass is 127. The molecule has 7 nitrogen and oxygen atoms in total. The van der Waals surface area contributed by atoms with Gasteiger partial charge in [0, 0.05) is 51.5 Å². The van der Waals surface area contributed by atoms with E-state index in [1.54, 1.807) is 0 Å². The van der Waals surface area contributed by atoms with Gasteiger partial charge in [0.25, 0.3) is 0 Å². The van der Waals surface area contributed by atoms with Crippen LogP contribution in [-0.4, -0.2) is 70.5 Å². The number of fused-ring (bicyclic) bond motifs is 1. The minimum Gasteiger partial charge on any atom is -0.373 e. The summed E-state index contributed by atoms with van der Waals surface area (Å²) < 4.78 is 7.93. The van der Waals surface area contributed by atoms with Gasteiger partial charge in [-0.2, -0.15) is 5.10 Å². The van der Waals surface area contributed by atoms with Crippen LogP contribution in [0.5, 0.6) is 0 Å². The van der Waals surface area contributed by atoms with Crippen LogP contribution in [-0.2, 0) is 24.9 Å². The molecule has 2 aromatic rings. The van der Waals surface area contributed by atoms with Gasteiger partial charge in [0.05, 0.1) is 31.5 Å². The van der Waals surface area contributed by atoms with Crippen molar-refractivity contribution >= 4 is 29.9 Å². The number of aryl methyl sites for hydroxylation is 1. The molecule has 2 aliphatic rings. The van der Waals surface area contributed by atoms with E-state index in [0.717, 1.165) is 50.9 Å². The molecule has 1 aromatic carbocycles. The Labute approximate surface area is 190 Å². The lowest BCUT2D eigenvalue weighted by atomic mass is 10.1. The number of nitrogens with zero attached hydrogens (tertiary/aromatic N) is 5. The van der Waals surface area contributed by atoms with Gasteiger partial charge in [-0.1, -0.05) is 30.3 Å². The highest BCUT2D eigenvalue weighted by molar-refractivity contribution is 14.0. The van der Waals surface area contributed by atoms with Crippen molar-refractivity contribution in [1.29, 1.82) is 0 Å². The van der Waals surface area contributed by atoms with Gasteiger partial charge in [-0.3, -0.25) is 9.58 Å². The first kappa shape index (κ1) is 22.0. The first-order valence-electron chi connectivity index (χ1n) is 10.1. The third kappa shape index (κ3) is 5.49. The fourth-order valence-corrected chi connectivity index (χ4v) is 4.09. The Kier molecular flexibility index (Phi) is 7.91. The van der Waals surface area contributed by atoms with E-state index in [-0.39, 0.29) is 30.1 Å². The molecule has 0 bridgehead atoms. The van der Waals surface area contributed by atoms with Crippen LogP contribution in [0, 0.1) is 0 Å². The molecule has 0 aliphatic carbocycles. The van der Waals surface area contributed by atoms with Crippen molar-refractivity contribution in [2.24, 2.45) is 12.0 Å². The number of guanidine groups is 1. The lowest BCUT2D eigenvalue weighted by molar-refractivity contribution is -0.0502. The number of aromatic nitrogens is 2. The lowest BCUT2D eigenvalue weighted by Crippen LogP contribution is -2.50. The fraction of sp³-hybridized carbons (Fsp3) is 0.524. The summed E-state index contributed by atoms with van der Waals surface area (Å²) in [6, 6.07) is 11.1. The highest BCUT2D eigenvalue weighted by Gasteiger charge is 2.41. The van der Waals surface area contributed by atoms with Crippen LogP contribution in [0.3, 0.4) is 0 Å². The summed E-state index contributed by atoms with van der Waals surface area (Å²) >= 11 is 0. The Morgan fingerprint density at radius 2 is 2.07 bits per heavy atom. The van der Waals surface area contributed by atoms with E-state index < -0.39 is 0 Å². The number of rotatable bonds is 5. The van der Waals surface area contributed by atoms with Gasteiger partial charge in [-0.05, 0) is 12.5 Å². The predicted molar refractivity (Wildman–Crippen MR) is 125 cm³/mol. The summed E-state index contributed by atoms with van der Waals surface area (Å²) in [5, 5.41) is 7.68. The Morgan fingerprint density at radius 1 is 1.24 bits per heavy atom. The lowest BCUT2D eigenvalue weighted by Gasteiger charge is -2.36. The van der Waals surface area contributed by atoms with Crippen molar-refractivity contribution in [3.05, 3.63) is 53.9 Å². The SMILES string of the molecule is CCNC(=NCc1cnn(C)c1)N1CC2OCCN(Cc3ccccc3)C2C1.I. The third-order valence-electron chi connectivity index (χ3n) is 5.45. The van der Waals surface area contributed by atoms with Gasteiger partial charge in [0.1, 0.15) is 0 Å². The second-order valence-corrected chi connectivity index (χ2v) is 7.53. The summed E-state index contributed by atoms with van der Waals surface area (Å²) in [7, 11) is 1.93. The molecule has 2 atom stereocenters. The standard InChI is InChI=1S/C21H30N6O.HI/c1-3-22-21(23-11-18-12-24-25(2)13-18)27-15-19-20(16-27)28-10-9-26(19)14-17-7-5-4-6-8-17;/h4-8,12-13,19-20H,3,9-11,14-16H2,1-2H3,(H,22,23);1H. The summed E-state index contributed by atoms with van der Waals surface area (Å²) in [4.78, 5) is 9.76. The van der Waals surface area contributed by atoms with E-state index in [0.29, 0.717) is 12.6 Å². The van der Waals surface area contributed by atoms with Crippen LogP contribution < -0.4 is 5.32 Å². The number of hydrogen-bond acceptors (Lipinski definition) is 4. The molecule has 2 unspecified atom stereocenters. The maximum Gasteiger partial charge on any atom is 0.194 e. The van der Waals surface area contributed by atoms with Crippen molar-refractivity contribution in [3.63, 3.8) is 0 Å². The van der Waals surface area contributed by atoms with Crippen LogP contribution in [0.4, 0.5) is 0 Å². The van der Waals surface area contributed by atoms with Gasteiger partial charge in [-0.25, -0.2) is 4.99 Å². The Morgan fingerprint density at radius 3 is 2.79 bits per heavy atom. The molecular weight excluding hydrogens is 479 g/mol. The average molecular weight is 510 g/mol. The largest absolute Gasteiger partial charge is 0.373 e. The van der Waals surface area contributed by atoms with E-state index in [9.17, 15) is 0 Å². The minimum atomic E-state index is 0. The van der Waals surface area contributed by atoms with E-state index in [1.165, 1.54) is 5.56 Å². The summed E-state index contributed by atoms with van der Waals surface area (Å²) in [5.74, 6) is 0.962. The molecule has 0 spiro atoms. The monoisotopic (exact) mass is 510 g/mol. The number of halogens is 1. The van der Waals surface area contributed by atoms with E-state index in [2.05, 4.69) is 57.5 Å². The van der Waals surface area contributed by atoms with E-state index in [4.69, 9.17) is 9.73 Å². The zero-order valence-electron chi connectivity index (χ0n) is 17.2. The molecule has 2 aliphatic heterocycles. The van der Waals surface area contributed by atoms with E-state index in [1.807, 2.05) is 24.1 Å². The van der Waals surface area contributed by atoms with E-state index >= 15 is 0 Å². The molecule has 0 amide bonds. The average Bonchev–Trinajstić information content (AvgIpc) is 3.32. The van der Waals surface area contributed by atoms with Crippen molar-refractivity contribution in [3.8, 4) is 0 Å². The van der Waals surface area contributed by atoms with Crippen molar-refractivity contribution in [2.45, 2.75) is 32.2 Å². The summed E-state index contributed by atoms with van der Waals surface area (Å²) in [6.45, 7) is 8.18. The summed E-state index contributed by atoms with van der Waals surface area (Å²) in [5.41, 5.74) is 2.48. The number of likely N-dealkylation sites (tertiary alicyclic amines) is 1. The molecule has 1 N–H and O–H groups in total. The molecular formula is C21H31IN6O. The Balaban J connectivity index is 0.00000240. The normalized spacial score (nSPS) is 22.3. The maximum atomic E-state index is 6.12. The molecule has 0 saturated carbocycles. The molecule has 8 heteroatoms. The summed E-state index contributed by atoms with van der Waals surface area (Å²) in [6.07, 6.45) is 4.13. The maximum absolute atomic E-state index is 6.12. The van der Waals surface area contributed by atoms with Crippen molar-refractivity contribution < 1.29 is 4.74 Å². The second kappa shape index (κ2) is 10.4. The number of morpholine rings is 1. The topological polar surface area (TPSA) is 57.9 Å². The fourth-order valence-electron chi connectivity index (χ4n) is 4.09. The van der Waals surface area contributed by atoms with Gasteiger partial charge in [0.15, 0.2) is 5.96 Å². The molecule has 4 rings (SSSR count). The second-order valence-electron chi connectivity index (χ2n) is 7.53. The van der Waals surface area contributed by atoms with Crippen LogP contribution in [0.25, 0.3) is 0 Å². The van der Waals surface area contributed by atoms with Crippen LogP contribution in [0.1, 0.15) is 18.1 Å².